The van der Waals surface area contributed by atoms with E-state index in [9.17, 15) is 18.3 Å². The van der Waals surface area contributed by atoms with E-state index in [1.54, 1.807) is 23.2 Å². The molecule has 0 spiro atoms. The predicted octanol–water partition coefficient (Wildman–Crippen LogP) is 1.41. The number of carboxylic acid groups (broad SMARTS) is 1. The summed E-state index contributed by atoms with van der Waals surface area (Å²) < 4.78 is 23.0. The number of nitrogens with one attached hydrogen (secondary N) is 1. The van der Waals surface area contributed by atoms with Crippen molar-refractivity contribution in [3.63, 3.8) is 0 Å². The highest BCUT2D eigenvalue weighted by Gasteiger charge is 2.25. The molecule has 28 heavy (non-hydrogen) atoms. The minimum atomic E-state index is -3.77. The van der Waals surface area contributed by atoms with Gasteiger partial charge in [-0.3, -0.25) is 0 Å². The quantitative estimate of drug-likeness (QED) is 0.577. The molecule has 0 radical (unpaired) electrons. The summed E-state index contributed by atoms with van der Waals surface area (Å²) in [5.74, 6) is -0.915. The first kappa shape index (κ1) is 20.1. The van der Waals surface area contributed by atoms with Crippen molar-refractivity contribution in [3.8, 4) is 0 Å². The Hall–Kier alpha value is -2.68. The molecule has 0 aliphatic carbocycles. The van der Waals surface area contributed by atoms with E-state index in [4.69, 9.17) is 5.14 Å². The van der Waals surface area contributed by atoms with Gasteiger partial charge in [0, 0.05) is 19.3 Å². The molecule has 7 nitrogen and oxygen atoms in total. The Morgan fingerprint density at radius 1 is 1.21 bits per heavy atom. The molecule has 0 fully saturated rings. The molecule has 2 aromatic rings. The van der Waals surface area contributed by atoms with Gasteiger partial charge in [-0.25, -0.2) is 18.4 Å². The summed E-state index contributed by atoms with van der Waals surface area (Å²) in [6.07, 6.45) is 4.22. The van der Waals surface area contributed by atoms with E-state index < -0.39 is 22.0 Å². The minimum Gasteiger partial charge on any atom is -0.480 e. The van der Waals surface area contributed by atoms with Gasteiger partial charge in [0.25, 0.3) is 0 Å². The van der Waals surface area contributed by atoms with Crippen LogP contribution < -0.4 is 10.5 Å². The number of carboxylic acids is 1. The van der Waals surface area contributed by atoms with Crippen LogP contribution in [0.2, 0.25) is 0 Å². The molecular formula is C20H23N3O4S. The van der Waals surface area contributed by atoms with Crippen LogP contribution in [-0.4, -0.2) is 43.5 Å². The van der Waals surface area contributed by atoms with Crippen LogP contribution in [0.5, 0.6) is 0 Å². The summed E-state index contributed by atoms with van der Waals surface area (Å²) in [5, 5.41) is 18.0. The van der Waals surface area contributed by atoms with Gasteiger partial charge in [0.2, 0.25) is 10.0 Å². The lowest BCUT2D eigenvalue weighted by molar-refractivity contribution is -0.142. The molecule has 0 saturated carbocycles. The molecule has 0 aromatic heterocycles. The second kappa shape index (κ2) is 8.55. The summed E-state index contributed by atoms with van der Waals surface area (Å²) in [4.78, 5) is 13.5. The van der Waals surface area contributed by atoms with E-state index in [0.717, 1.165) is 17.5 Å². The number of aliphatic carboxylic acids is 1. The van der Waals surface area contributed by atoms with Crippen LogP contribution in [0.1, 0.15) is 16.7 Å². The number of carbonyl (C=O) groups is 1. The molecule has 3 rings (SSSR count). The Labute approximate surface area is 164 Å². The third kappa shape index (κ3) is 4.98. The number of sulfonamides is 1. The fourth-order valence-corrected chi connectivity index (χ4v) is 3.70. The van der Waals surface area contributed by atoms with E-state index in [1.807, 2.05) is 30.3 Å². The maximum Gasteiger partial charge on any atom is 0.327 e. The van der Waals surface area contributed by atoms with E-state index in [2.05, 4.69) is 5.32 Å². The summed E-state index contributed by atoms with van der Waals surface area (Å²) in [6.45, 7) is 1.37. The van der Waals surface area contributed by atoms with Crippen LogP contribution in [0.15, 0.2) is 59.6 Å². The molecule has 1 aliphatic rings. The van der Waals surface area contributed by atoms with Crippen molar-refractivity contribution >= 4 is 22.1 Å². The normalized spacial score (nSPS) is 14.5. The van der Waals surface area contributed by atoms with Gasteiger partial charge >= 0.3 is 5.97 Å². The van der Waals surface area contributed by atoms with Gasteiger partial charge in [-0.05, 0) is 47.9 Å². The van der Waals surface area contributed by atoms with Crippen LogP contribution in [0.3, 0.4) is 0 Å². The highest BCUT2D eigenvalue weighted by molar-refractivity contribution is 7.89. The topological polar surface area (TPSA) is 113 Å². The first-order valence-electron chi connectivity index (χ1n) is 8.92. The molecule has 8 heteroatoms. The molecular weight excluding hydrogens is 378 g/mol. The minimum absolute atomic E-state index is 0.0433. The summed E-state index contributed by atoms with van der Waals surface area (Å²) in [6, 6.07) is 13.9. The van der Waals surface area contributed by atoms with E-state index in [1.165, 1.54) is 17.7 Å². The molecule has 4 N–H and O–H groups in total. The zero-order valence-electron chi connectivity index (χ0n) is 15.3. The van der Waals surface area contributed by atoms with Gasteiger partial charge in [0.05, 0.1) is 4.90 Å². The van der Waals surface area contributed by atoms with Gasteiger partial charge < -0.3 is 15.3 Å². The predicted molar refractivity (Wildman–Crippen MR) is 107 cm³/mol. The molecule has 1 unspecified atom stereocenters. The summed E-state index contributed by atoms with van der Waals surface area (Å²) >= 11 is 0. The number of primary sulfonamides is 1. The number of nitrogens with two attached hydrogens (primary N) is 1. The van der Waals surface area contributed by atoms with Crippen LogP contribution in [0.4, 0.5) is 0 Å². The van der Waals surface area contributed by atoms with Crippen LogP contribution >= 0.6 is 0 Å². The standard InChI is InChI=1S/C20H23N3O4S/c21-28(26,27)18-7-6-17-14-23(11-9-16(17)12-18)19(20(24)25)13-22-10-8-15-4-2-1-3-5-15/h1-7,9,11-12,19,22H,8,10,13-14H2,(H,24,25)(H2,21,26,27). The fourth-order valence-electron chi connectivity index (χ4n) is 3.15. The van der Waals surface area contributed by atoms with Crippen LogP contribution in [0, 0.1) is 0 Å². The van der Waals surface area contributed by atoms with Crippen LogP contribution in [0.25, 0.3) is 6.08 Å². The summed E-state index contributed by atoms with van der Waals surface area (Å²) in [7, 11) is -3.77. The third-order valence-electron chi connectivity index (χ3n) is 4.70. The maximum absolute atomic E-state index is 11.7. The van der Waals surface area contributed by atoms with Gasteiger partial charge in [-0.1, -0.05) is 36.4 Å². The Bertz CT molecular complexity index is 974. The Morgan fingerprint density at radius 2 is 1.96 bits per heavy atom. The number of benzene rings is 2. The molecule has 0 amide bonds. The Balaban J connectivity index is 1.62. The highest BCUT2D eigenvalue weighted by Crippen LogP contribution is 2.24. The van der Waals surface area contributed by atoms with Crippen molar-refractivity contribution in [2.45, 2.75) is 23.9 Å². The Morgan fingerprint density at radius 3 is 2.64 bits per heavy atom. The van der Waals surface area contributed by atoms with Crippen molar-refractivity contribution in [3.05, 3.63) is 71.4 Å². The van der Waals surface area contributed by atoms with Gasteiger partial charge in [0.1, 0.15) is 6.04 Å². The van der Waals surface area contributed by atoms with Crippen molar-refractivity contribution in [1.29, 1.82) is 0 Å². The second-order valence-electron chi connectivity index (χ2n) is 6.69. The van der Waals surface area contributed by atoms with Gasteiger partial charge in [-0.2, -0.15) is 0 Å². The van der Waals surface area contributed by atoms with Gasteiger partial charge in [-0.15, -0.1) is 0 Å². The number of nitrogens with zero attached hydrogens (tertiary/aromatic N) is 1. The molecule has 148 valence electrons. The number of hydrogen-bond donors (Lipinski definition) is 3. The lowest BCUT2D eigenvalue weighted by Gasteiger charge is -2.31. The van der Waals surface area contributed by atoms with Crippen LogP contribution in [-0.2, 0) is 27.8 Å². The second-order valence-corrected chi connectivity index (χ2v) is 8.25. The third-order valence-corrected chi connectivity index (χ3v) is 5.61. The number of rotatable bonds is 8. The highest BCUT2D eigenvalue weighted by atomic mass is 32.2. The first-order valence-corrected chi connectivity index (χ1v) is 10.5. The van der Waals surface area contributed by atoms with E-state index in [-0.39, 0.29) is 4.90 Å². The largest absolute Gasteiger partial charge is 0.480 e. The SMILES string of the molecule is NS(=O)(=O)c1ccc2c(c1)C=CN(C(CNCCc1ccccc1)C(=O)O)C2. The first-order chi connectivity index (χ1) is 13.3. The molecule has 1 atom stereocenters. The zero-order valence-corrected chi connectivity index (χ0v) is 16.1. The number of fused-ring (bicyclic) bond motifs is 1. The molecule has 1 aliphatic heterocycles. The number of hydrogen-bond acceptors (Lipinski definition) is 5. The maximum atomic E-state index is 11.7. The lowest BCUT2D eigenvalue weighted by atomic mass is 10.0. The van der Waals surface area contributed by atoms with Crippen molar-refractivity contribution in [2.75, 3.05) is 13.1 Å². The van der Waals surface area contributed by atoms with Crippen molar-refractivity contribution in [1.82, 2.24) is 10.2 Å². The van der Waals surface area contributed by atoms with E-state index in [0.29, 0.717) is 19.6 Å². The van der Waals surface area contributed by atoms with E-state index >= 15 is 0 Å². The Kier molecular flexibility index (Phi) is 6.13. The zero-order chi connectivity index (χ0) is 20.1. The average Bonchev–Trinajstić information content (AvgIpc) is 2.67. The molecule has 1 heterocycles. The smallest absolute Gasteiger partial charge is 0.327 e. The summed E-state index contributed by atoms with van der Waals surface area (Å²) in [5.41, 5.74) is 2.77. The molecule has 2 aromatic carbocycles. The van der Waals surface area contributed by atoms with Gasteiger partial charge in [0.15, 0.2) is 0 Å². The molecule has 0 saturated heterocycles. The van der Waals surface area contributed by atoms with Crippen molar-refractivity contribution < 1.29 is 18.3 Å². The van der Waals surface area contributed by atoms with Crippen molar-refractivity contribution in [2.24, 2.45) is 5.14 Å². The fraction of sp³-hybridized carbons (Fsp3) is 0.250. The monoisotopic (exact) mass is 401 g/mol. The molecule has 0 bridgehead atoms. The lowest BCUT2D eigenvalue weighted by Crippen LogP contribution is -2.45. The average molecular weight is 401 g/mol.